The zero-order chi connectivity index (χ0) is 13.6. The molecule has 1 aliphatic rings. The fraction of sp³-hybridized carbons (Fsp3) is 0.833. The van der Waals surface area contributed by atoms with Crippen LogP contribution in [-0.2, 0) is 4.79 Å². The zero-order valence-electron chi connectivity index (χ0n) is 11.5. The Morgan fingerprint density at radius 2 is 1.83 bits per heavy atom. The molecule has 1 aliphatic heterocycles. The van der Waals surface area contributed by atoms with Gasteiger partial charge in [-0.1, -0.05) is 0 Å². The Hall–Kier alpha value is -1.14. The molecule has 0 aromatic heterocycles. The van der Waals surface area contributed by atoms with Gasteiger partial charge in [-0.2, -0.15) is 0 Å². The molecule has 0 unspecified atom stereocenters. The second kappa shape index (κ2) is 6.70. The van der Waals surface area contributed by atoms with E-state index in [1.165, 1.54) is 7.05 Å². The highest BCUT2D eigenvalue weighted by atomic mass is 16.2. The molecule has 6 nitrogen and oxygen atoms in total. The van der Waals surface area contributed by atoms with Crippen LogP contribution in [0.1, 0.15) is 26.2 Å². The minimum atomic E-state index is -0.443. The lowest BCUT2D eigenvalue weighted by Gasteiger charge is -2.39. The standard InChI is InChI=1S/C12H24N4O2/c1-12(14-3)5-8-16(9-6-12)7-4-10(17)15-11(18)13-2/h14H,4-9H2,1-3H3,(H2,13,15,17,18). The van der Waals surface area contributed by atoms with Crippen LogP contribution in [0.4, 0.5) is 4.79 Å². The van der Waals surface area contributed by atoms with Gasteiger partial charge in [-0.15, -0.1) is 0 Å². The third-order valence-electron chi connectivity index (χ3n) is 3.70. The van der Waals surface area contributed by atoms with Crippen molar-refractivity contribution < 1.29 is 9.59 Å². The van der Waals surface area contributed by atoms with Gasteiger partial charge in [0.1, 0.15) is 0 Å². The Bertz CT molecular complexity index is 298. The topological polar surface area (TPSA) is 73.5 Å². The Labute approximate surface area is 108 Å². The van der Waals surface area contributed by atoms with E-state index in [0.29, 0.717) is 13.0 Å². The number of likely N-dealkylation sites (tertiary alicyclic amines) is 1. The smallest absolute Gasteiger partial charge is 0.321 e. The van der Waals surface area contributed by atoms with Gasteiger partial charge in [-0.3, -0.25) is 10.1 Å². The van der Waals surface area contributed by atoms with E-state index < -0.39 is 6.03 Å². The highest BCUT2D eigenvalue weighted by molar-refractivity contribution is 5.94. The summed E-state index contributed by atoms with van der Waals surface area (Å²) in [6.07, 6.45) is 2.53. The van der Waals surface area contributed by atoms with Crippen LogP contribution in [0.2, 0.25) is 0 Å². The summed E-state index contributed by atoms with van der Waals surface area (Å²) >= 11 is 0. The number of carbonyl (C=O) groups is 2. The van der Waals surface area contributed by atoms with Crippen molar-refractivity contribution in [2.24, 2.45) is 0 Å². The van der Waals surface area contributed by atoms with Crippen LogP contribution in [-0.4, -0.2) is 56.1 Å². The van der Waals surface area contributed by atoms with Crippen molar-refractivity contribution in [3.05, 3.63) is 0 Å². The summed E-state index contributed by atoms with van der Waals surface area (Å²) in [4.78, 5) is 24.6. The number of amides is 3. The Morgan fingerprint density at radius 1 is 1.22 bits per heavy atom. The first kappa shape index (κ1) is 14.9. The number of nitrogens with one attached hydrogen (secondary N) is 3. The normalized spacial score (nSPS) is 19.3. The Balaban J connectivity index is 2.22. The lowest BCUT2D eigenvalue weighted by atomic mass is 9.90. The van der Waals surface area contributed by atoms with Crippen molar-refractivity contribution in [2.45, 2.75) is 31.7 Å². The van der Waals surface area contributed by atoms with E-state index in [-0.39, 0.29) is 11.4 Å². The number of imide groups is 1. The summed E-state index contributed by atoms with van der Waals surface area (Å²) in [5, 5.41) is 7.97. The van der Waals surface area contributed by atoms with E-state index in [1.807, 2.05) is 7.05 Å². The van der Waals surface area contributed by atoms with Crippen LogP contribution < -0.4 is 16.0 Å². The van der Waals surface area contributed by atoms with E-state index in [9.17, 15) is 9.59 Å². The first-order valence-electron chi connectivity index (χ1n) is 6.42. The second-order valence-electron chi connectivity index (χ2n) is 5.03. The zero-order valence-corrected chi connectivity index (χ0v) is 11.5. The molecule has 0 radical (unpaired) electrons. The van der Waals surface area contributed by atoms with Crippen molar-refractivity contribution in [1.29, 1.82) is 0 Å². The molecule has 1 heterocycles. The SMILES string of the molecule is CNC(=O)NC(=O)CCN1CCC(C)(NC)CC1. The van der Waals surface area contributed by atoms with Gasteiger partial charge in [-0.05, 0) is 39.9 Å². The van der Waals surface area contributed by atoms with E-state index in [2.05, 4.69) is 27.8 Å². The molecule has 1 rings (SSSR count). The van der Waals surface area contributed by atoms with Gasteiger partial charge in [0.05, 0.1) is 0 Å². The molecule has 0 spiro atoms. The first-order valence-corrected chi connectivity index (χ1v) is 6.42. The highest BCUT2D eigenvalue weighted by Crippen LogP contribution is 2.20. The molecule has 0 bridgehead atoms. The van der Waals surface area contributed by atoms with E-state index in [4.69, 9.17) is 0 Å². The van der Waals surface area contributed by atoms with Gasteiger partial charge < -0.3 is 15.5 Å². The summed E-state index contributed by atoms with van der Waals surface area (Å²) in [5.41, 5.74) is 0.223. The van der Waals surface area contributed by atoms with Crippen molar-refractivity contribution in [3.8, 4) is 0 Å². The van der Waals surface area contributed by atoms with Crippen molar-refractivity contribution in [3.63, 3.8) is 0 Å². The number of piperidine rings is 1. The minimum Gasteiger partial charge on any atom is -0.341 e. The average molecular weight is 256 g/mol. The number of carbonyl (C=O) groups excluding carboxylic acids is 2. The number of hydrogen-bond acceptors (Lipinski definition) is 4. The second-order valence-corrected chi connectivity index (χ2v) is 5.03. The van der Waals surface area contributed by atoms with Gasteiger partial charge in [0.25, 0.3) is 0 Å². The molecule has 0 aromatic rings. The van der Waals surface area contributed by atoms with Crippen LogP contribution >= 0.6 is 0 Å². The molecule has 1 saturated heterocycles. The third-order valence-corrected chi connectivity index (χ3v) is 3.70. The fourth-order valence-electron chi connectivity index (χ4n) is 2.03. The maximum atomic E-state index is 11.4. The molecule has 3 N–H and O–H groups in total. The lowest BCUT2D eigenvalue weighted by molar-refractivity contribution is -0.120. The molecule has 6 heteroatoms. The summed E-state index contributed by atoms with van der Waals surface area (Å²) in [6.45, 7) is 4.92. The lowest BCUT2D eigenvalue weighted by Crippen LogP contribution is -2.50. The predicted molar refractivity (Wildman–Crippen MR) is 70.4 cm³/mol. The van der Waals surface area contributed by atoms with Crippen molar-refractivity contribution in [1.82, 2.24) is 20.9 Å². The molecular formula is C12H24N4O2. The van der Waals surface area contributed by atoms with Gasteiger partial charge in [-0.25, -0.2) is 4.79 Å². The molecule has 104 valence electrons. The molecule has 0 aromatic carbocycles. The largest absolute Gasteiger partial charge is 0.341 e. The maximum absolute atomic E-state index is 11.4. The van der Waals surface area contributed by atoms with Gasteiger partial charge >= 0.3 is 6.03 Å². The quantitative estimate of drug-likeness (QED) is 0.657. The summed E-state index contributed by atoms with van der Waals surface area (Å²) in [7, 11) is 3.48. The number of rotatable bonds is 4. The van der Waals surface area contributed by atoms with Crippen LogP contribution in [0.25, 0.3) is 0 Å². The number of hydrogen-bond donors (Lipinski definition) is 3. The minimum absolute atomic E-state index is 0.223. The van der Waals surface area contributed by atoms with E-state index in [0.717, 1.165) is 25.9 Å². The van der Waals surface area contributed by atoms with Crippen molar-refractivity contribution in [2.75, 3.05) is 33.7 Å². The Kier molecular flexibility index (Phi) is 5.55. The van der Waals surface area contributed by atoms with E-state index in [1.54, 1.807) is 0 Å². The monoisotopic (exact) mass is 256 g/mol. The molecule has 0 aliphatic carbocycles. The molecule has 0 saturated carbocycles. The van der Waals surface area contributed by atoms with Gasteiger partial charge in [0, 0.05) is 25.6 Å². The molecule has 1 fully saturated rings. The fourth-order valence-corrected chi connectivity index (χ4v) is 2.03. The summed E-state index contributed by atoms with van der Waals surface area (Å²) in [5.74, 6) is -0.226. The molecular weight excluding hydrogens is 232 g/mol. The molecule has 3 amide bonds. The first-order chi connectivity index (χ1) is 8.49. The van der Waals surface area contributed by atoms with Crippen LogP contribution in [0.3, 0.4) is 0 Å². The number of nitrogens with zero attached hydrogens (tertiary/aromatic N) is 1. The van der Waals surface area contributed by atoms with Crippen LogP contribution in [0.15, 0.2) is 0 Å². The summed E-state index contributed by atoms with van der Waals surface area (Å²) in [6, 6.07) is -0.443. The molecule has 18 heavy (non-hydrogen) atoms. The van der Waals surface area contributed by atoms with E-state index >= 15 is 0 Å². The third kappa shape index (κ3) is 4.62. The average Bonchev–Trinajstić information content (AvgIpc) is 2.38. The highest BCUT2D eigenvalue weighted by Gasteiger charge is 2.28. The predicted octanol–water partition coefficient (Wildman–Crippen LogP) is -0.0940. The Morgan fingerprint density at radius 3 is 2.33 bits per heavy atom. The van der Waals surface area contributed by atoms with Gasteiger partial charge in [0.2, 0.25) is 5.91 Å². The molecule has 0 atom stereocenters. The summed E-state index contributed by atoms with van der Waals surface area (Å²) < 4.78 is 0. The van der Waals surface area contributed by atoms with Gasteiger partial charge in [0.15, 0.2) is 0 Å². The van der Waals surface area contributed by atoms with Crippen LogP contribution in [0, 0.1) is 0 Å². The van der Waals surface area contributed by atoms with Crippen LogP contribution in [0.5, 0.6) is 0 Å². The van der Waals surface area contributed by atoms with Crippen molar-refractivity contribution >= 4 is 11.9 Å². The maximum Gasteiger partial charge on any atom is 0.321 e. The number of urea groups is 1.